The summed E-state index contributed by atoms with van der Waals surface area (Å²) in [6.45, 7) is 5.44. The number of rotatable bonds is 7. The molecule has 1 N–H and O–H groups in total. The highest BCUT2D eigenvalue weighted by Gasteiger charge is 2.12. The molecule has 0 bridgehead atoms. The molecule has 6 heteroatoms. The molecule has 0 saturated carbocycles. The number of nitrogens with one attached hydrogen (secondary N) is 1. The van der Waals surface area contributed by atoms with Gasteiger partial charge in [0.05, 0.1) is 12.1 Å². The summed E-state index contributed by atoms with van der Waals surface area (Å²) in [5, 5.41) is 7.55. The van der Waals surface area contributed by atoms with Gasteiger partial charge in [-0.3, -0.25) is 4.79 Å². The Kier molecular flexibility index (Phi) is 6.07. The van der Waals surface area contributed by atoms with E-state index >= 15 is 0 Å². The molecule has 0 atom stereocenters. The van der Waals surface area contributed by atoms with Crippen LogP contribution in [0.25, 0.3) is 0 Å². The van der Waals surface area contributed by atoms with Gasteiger partial charge in [0.2, 0.25) is 0 Å². The molecule has 0 fully saturated rings. The average molecular weight is 366 g/mol. The molecule has 0 aliphatic heterocycles. The first-order valence-electron chi connectivity index (χ1n) is 8.56. The monoisotopic (exact) mass is 366 g/mol. The van der Waals surface area contributed by atoms with Gasteiger partial charge in [-0.1, -0.05) is 50.2 Å². The largest absolute Gasteiger partial charge is 0.348 e. The van der Waals surface area contributed by atoms with E-state index in [4.69, 9.17) is 0 Å². The number of hydrogen-bond acceptors (Lipinski definition) is 4. The Morgan fingerprint density at radius 1 is 1.12 bits per heavy atom. The molecule has 5 nitrogen and oxygen atoms in total. The van der Waals surface area contributed by atoms with Crippen LogP contribution in [-0.2, 0) is 13.1 Å². The first-order chi connectivity index (χ1) is 12.6. The van der Waals surface area contributed by atoms with Crippen molar-refractivity contribution in [1.29, 1.82) is 0 Å². The zero-order valence-electron chi connectivity index (χ0n) is 14.9. The maximum absolute atomic E-state index is 12.6. The van der Waals surface area contributed by atoms with Gasteiger partial charge in [0.15, 0.2) is 0 Å². The third-order valence-electron chi connectivity index (χ3n) is 3.78. The molecule has 0 aliphatic rings. The Labute approximate surface area is 157 Å². The van der Waals surface area contributed by atoms with E-state index in [1.807, 2.05) is 48.5 Å². The fourth-order valence-electron chi connectivity index (χ4n) is 2.55. The van der Waals surface area contributed by atoms with Gasteiger partial charge < -0.3 is 5.32 Å². The minimum atomic E-state index is -0.0413. The van der Waals surface area contributed by atoms with Gasteiger partial charge in [-0.2, -0.15) is 5.10 Å². The molecule has 0 aliphatic carbocycles. The molecule has 1 heterocycles. The second kappa shape index (κ2) is 8.67. The summed E-state index contributed by atoms with van der Waals surface area (Å²) in [6, 6.07) is 15.9. The number of nitrogens with zero attached hydrogens (tertiary/aromatic N) is 3. The Hall–Kier alpha value is -2.60. The van der Waals surface area contributed by atoms with Gasteiger partial charge in [-0.15, -0.1) is 11.8 Å². The van der Waals surface area contributed by atoms with Crippen molar-refractivity contribution in [2.75, 3.05) is 0 Å². The number of hydrogen-bond donors (Lipinski definition) is 1. The van der Waals surface area contributed by atoms with E-state index in [-0.39, 0.29) is 5.91 Å². The number of carbonyl (C=O) groups excluding carboxylic acids is 1. The van der Waals surface area contributed by atoms with Crippen molar-refractivity contribution in [2.45, 2.75) is 37.1 Å². The molecule has 0 unspecified atom stereocenters. The number of thioether (sulfide) groups is 1. The summed E-state index contributed by atoms with van der Waals surface area (Å²) >= 11 is 1.70. The van der Waals surface area contributed by atoms with Crippen LogP contribution >= 0.6 is 11.8 Å². The number of benzene rings is 2. The maximum atomic E-state index is 12.6. The van der Waals surface area contributed by atoms with Crippen molar-refractivity contribution in [3.05, 3.63) is 77.9 Å². The van der Waals surface area contributed by atoms with Crippen LogP contribution in [0.1, 0.15) is 35.3 Å². The van der Waals surface area contributed by atoms with Gasteiger partial charge in [0.25, 0.3) is 5.91 Å². The second-order valence-electron chi connectivity index (χ2n) is 6.26. The molecule has 2 aromatic carbocycles. The first kappa shape index (κ1) is 18.2. The van der Waals surface area contributed by atoms with E-state index in [0.29, 0.717) is 18.3 Å². The highest BCUT2D eigenvalue weighted by atomic mass is 32.2. The van der Waals surface area contributed by atoms with E-state index in [9.17, 15) is 4.79 Å². The van der Waals surface area contributed by atoms with E-state index in [2.05, 4.69) is 29.2 Å². The average Bonchev–Trinajstić information content (AvgIpc) is 3.14. The molecule has 3 aromatic rings. The van der Waals surface area contributed by atoms with E-state index in [0.717, 1.165) is 21.6 Å². The number of amides is 1. The molecule has 0 radical (unpaired) electrons. The molecule has 134 valence electrons. The molecule has 1 aromatic heterocycles. The summed E-state index contributed by atoms with van der Waals surface area (Å²) in [5.41, 5.74) is 2.94. The Balaban J connectivity index is 1.59. The van der Waals surface area contributed by atoms with Gasteiger partial charge >= 0.3 is 0 Å². The Bertz CT molecular complexity index is 845. The summed E-state index contributed by atoms with van der Waals surface area (Å²) in [5.74, 6) is -0.0413. The zero-order valence-corrected chi connectivity index (χ0v) is 15.7. The standard InChI is InChI=1S/C20H22N4OS/c1-15(2)26-19-6-4-3-5-18(19)20(25)22-11-16-7-9-17(10-8-16)12-24-14-21-13-23-24/h3-10,13-15H,11-12H2,1-2H3,(H,22,25). The van der Waals surface area contributed by atoms with E-state index in [1.54, 1.807) is 22.8 Å². The van der Waals surface area contributed by atoms with Crippen LogP contribution in [0.4, 0.5) is 0 Å². The number of aromatic nitrogens is 3. The predicted molar refractivity (Wildman–Crippen MR) is 104 cm³/mol. The third-order valence-corrected chi connectivity index (χ3v) is 4.86. The Morgan fingerprint density at radius 2 is 1.85 bits per heavy atom. The van der Waals surface area contributed by atoms with Gasteiger partial charge in [-0.05, 0) is 23.3 Å². The summed E-state index contributed by atoms with van der Waals surface area (Å²) < 4.78 is 1.78. The molecular weight excluding hydrogens is 344 g/mol. The highest BCUT2D eigenvalue weighted by molar-refractivity contribution is 8.00. The first-order valence-corrected chi connectivity index (χ1v) is 9.44. The number of carbonyl (C=O) groups is 1. The lowest BCUT2D eigenvalue weighted by Crippen LogP contribution is -2.23. The van der Waals surface area contributed by atoms with Crippen LogP contribution in [0.3, 0.4) is 0 Å². The van der Waals surface area contributed by atoms with Crippen LogP contribution in [0.15, 0.2) is 66.1 Å². The summed E-state index contributed by atoms with van der Waals surface area (Å²) in [6.07, 6.45) is 3.22. The smallest absolute Gasteiger partial charge is 0.252 e. The molecule has 1 amide bonds. The molecule has 3 rings (SSSR count). The summed E-state index contributed by atoms with van der Waals surface area (Å²) in [7, 11) is 0. The molecule has 0 saturated heterocycles. The minimum absolute atomic E-state index is 0.0413. The quantitative estimate of drug-likeness (QED) is 0.647. The van der Waals surface area contributed by atoms with Crippen LogP contribution in [-0.4, -0.2) is 25.9 Å². The SMILES string of the molecule is CC(C)Sc1ccccc1C(=O)NCc1ccc(Cn2cncn2)cc1. The van der Waals surface area contributed by atoms with E-state index < -0.39 is 0 Å². The van der Waals surface area contributed by atoms with Gasteiger partial charge in [0.1, 0.15) is 12.7 Å². The zero-order chi connectivity index (χ0) is 18.4. The highest BCUT2D eigenvalue weighted by Crippen LogP contribution is 2.26. The molecule has 0 spiro atoms. The van der Waals surface area contributed by atoms with Crippen LogP contribution in [0, 0.1) is 0 Å². The lowest BCUT2D eigenvalue weighted by Gasteiger charge is -2.12. The molecule has 26 heavy (non-hydrogen) atoms. The van der Waals surface area contributed by atoms with Crippen molar-refractivity contribution < 1.29 is 4.79 Å². The fraction of sp³-hybridized carbons (Fsp3) is 0.250. The lowest BCUT2D eigenvalue weighted by molar-refractivity contribution is 0.0948. The van der Waals surface area contributed by atoms with Crippen LogP contribution < -0.4 is 5.32 Å². The van der Waals surface area contributed by atoms with Crippen LogP contribution in [0.2, 0.25) is 0 Å². The van der Waals surface area contributed by atoms with Crippen molar-refractivity contribution in [3.8, 4) is 0 Å². The predicted octanol–water partition coefficient (Wildman–Crippen LogP) is 3.76. The topological polar surface area (TPSA) is 59.8 Å². The lowest BCUT2D eigenvalue weighted by atomic mass is 10.1. The second-order valence-corrected chi connectivity index (χ2v) is 7.87. The Morgan fingerprint density at radius 3 is 2.54 bits per heavy atom. The normalized spacial score (nSPS) is 10.9. The van der Waals surface area contributed by atoms with Crippen molar-refractivity contribution in [1.82, 2.24) is 20.1 Å². The van der Waals surface area contributed by atoms with Gasteiger partial charge in [-0.25, -0.2) is 9.67 Å². The van der Waals surface area contributed by atoms with Crippen LogP contribution in [0.5, 0.6) is 0 Å². The van der Waals surface area contributed by atoms with Crippen molar-refractivity contribution >= 4 is 17.7 Å². The molecular formula is C20H22N4OS. The van der Waals surface area contributed by atoms with Gasteiger partial charge in [0, 0.05) is 16.7 Å². The fourth-order valence-corrected chi connectivity index (χ4v) is 3.51. The summed E-state index contributed by atoms with van der Waals surface area (Å²) in [4.78, 5) is 17.5. The maximum Gasteiger partial charge on any atom is 0.252 e. The van der Waals surface area contributed by atoms with E-state index in [1.165, 1.54) is 6.33 Å². The van der Waals surface area contributed by atoms with Crippen molar-refractivity contribution in [2.24, 2.45) is 0 Å². The van der Waals surface area contributed by atoms with Crippen molar-refractivity contribution in [3.63, 3.8) is 0 Å². The minimum Gasteiger partial charge on any atom is -0.348 e. The third kappa shape index (κ3) is 4.95.